The Morgan fingerprint density at radius 3 is 2.53 bits per heavy atom. The summed E-state index contributed by atoms with van der Waals surface area (Å²) >= 11 is 0. The van der Waals surface area contributed by atoms with Crippen LogP contribution in [-0.4, -0.2) is 41.0 Å². The summed E-state index contributed by atoms with van der Waals surface area (Å²) in [5, 5.41) is 3.34. The highest BCUT2D eigenvalue weighted by molar-refractivity contribution is 5.55. The molecule has 1 heterocycles. The Kier molecular flexibility index (Phi) is 3.47. The topological polar surface area (TPSA) is 67.1 Å². The molecule has 2 rings (SSSR count). The van der Waals surface area contributed by atoms with Gasteiger partial charge in [-0.2, -0.15) is 0 Å². The fourth-order valence-corrected chi connectivity index (χ4v) is 2.55. The van der Waals surface area contributed by atoms with Crippen LogP contribution in [0.25, 0.3) is 0 Å². The van der Waals surface area contributed by atoms with Crippen molar-refractivity contribution in [2.45, 2.75) is 31.2 Å². The molecule has 0 saturated heterocycles. The third kappa shape index (κ3) is 2.49. The maximum absolute atomic E-state index is 5.77. The second kappa shape index (κ2) is 4.87. The zero-order valence-electron chi connectivity index (χ0n) is 10.6. The predicted octanol–water partition coefficient (Wildman–Crippen LogP) is 1.35. The molecule has 0 aliphatic heterocycles. The number of nitrogens with two attached hydrogens (primary N) is 1. The molecule has 1 aromatic heterocycles. The lowest BCUT2D eigenvalue weighted by Crippen LogP contribution is -2.47. The monoisotopic (exact) mass is 235 g/mol. The van der Waals surface area contributed by atoms with Crippen LogP contribution in [0.1, 0.15) is 25.7 Å². The molecule has 5 heteroatoms. The Hall–Kier alpha value is -1.36. The van der Waals surface area contributed by atoms with Gasteiger partial charge < -0.3 is 16.0 Å². The van der Waals surface area contributed by atoms with Crippen LogP contribution < -0.4 is 11.1 Å². The minimum atomic E-state index is 0.240. The fourth-order valence-electron chi connectivity index (χ4n) is 2.55. The van der Waals surface area contributed by atoms with E-state index in [1.165, 1.54) is 25.7 Å². The number of likely N-dealkylation sites (N-methyl/N-ethyl adjacent to an activating group) is 1. The van der Waals surface area contributed by atoms with E-state index in [9.17, 15) is 0 Å². The smallest absolute Gasteiger partial charge is 0.168 e. The third-order valence-corrected chi connectivity index (χ3v) is 3.79. The number of rotatable bonds is 4. The molecule has 0 spiro atoms. The van der Waals surface area contributed by atoms with Gasteiger partial charge in [0.25, 0.3) is 0 Å². The Balaban J connectivity index is 2.03. The number of anilines is 2. The lowest BCUT2D eigenvalue weighted by atomic mass is 9.96. The summed E-state index contributed by atoms with van der Waals surface area (Å²) in [6.45, 7) is 0.878. The molecule has 0 aromatic carbocycles. The number of hydrogen-bond donors (Lipinski definition) is 2. The molecule has 1 aromatic rings. The van der Waals surface area contributed by atoms with Crippen molar-refractivity contribution in [3.63, 3.8) is 0 Å². The van der Waals surface area contributed by atoms with Crippen molar-refractivity contribution >= 4 is 11.6 Å². The van der Waals surface area contributed by atoms with Crippen molar-refractivity contribution in [3.8, 4) is 0 Å². The van der Waals surface area contributed by atoms with Gasteiger partial charge in [0.2, 0.25) is 0 Å². The number of nitrogens with one attached hydrogen (secondary N) is 1. The molecule has 0 radical (unpaired) electrons. The maximum Gasteiger partial charge on any atom is 0.168 e. The van der Waals surface area contributed by atoms with E-state index in [0.717, 1.165) is 6.54 Å². The van der Waals surface area contributed by atoms with Crippen LogP contribution in [0.4, 0.5) is 11.6 Å². The zero-order valence-corrected chi connectivity index (χ0v) is 10.6. The SMILES string of the molecule is CN(C)C1(CNc2nccnc2N)CCCC1. The number of aromatic nitrogens is 2. The quantitative estimate of drug-likeness (QED) is 0.824. The molecule has 0 bridgehead atoms. The van der Waals surface area contributed by atoms with Crippen LogP contribution in [0.15, 0.2) is 12.4 Å². The lowest BCUT2D eigenvalue weighted by Gasteiger charge is -2.36. The van der Waals surface area contributed by atoms with E-state index >= 15 is 0 Å². The second-order valence-electron chi connectivity index (χ2n) is 4.97. The summed E-state index contributed by atoms with van der Waals surface area (Å²) in [4.78, 5) is 10.6. The highest BCUT2D eigenvalue weighted by Gasteiger charge is 2.35. The van der Waals surface area contributed by atoms with Gasteiger partial charge in [0.1, 0.15) is 0 Å². The van der Waals surface area contributed by atoms with Crippen molar-refractivity contribution < 1.29 is 0 Å². The van der Waals surface area contributed by atoms with Crippen molar-refractivity contribution in [2.75, 3.05) is 31.7 Å². The summed E-state index contributed by atoms with van der Waals surface area (Å²) in [6.07, 6.45) is 8.33. The van der Waals surface area contributed by atoms with Crippen LogP contribution in [0, 0.1) is 0 Å². The van der Waals surface area contributed by atoms with E-state index in [0.29, 0.717) is 11.6 Å². The van der Waals surface area contributed by atoms with E-state index in [1.807, 2.05) is 0 Å². The fraction of sp³-hybridized carbons (Fsp3) is 0.667. The first-order valence-electron chi connectivity index (χ1n) is 6.12. The Bertz CT molecular complexity index is 371. The molecule has 0 unspecified atom stereocenters. The summed E-state index contributed by atoms with van der Waals surface area (Å²) in [5.41, 5.74) is 6.01. The van der Waals surface area contributed by atoms with Crippen LogP contribution >= 0.6 is 0 Å². The average molecular weight is 235 g/mol. The van der Waals surface area contributed by atoms with Crippen molar-refractivity contribution in [2.24, 2.45) is 0 Å². The summed E-state index contributed by atoms with van der Waals surface area (Å²) in [5.74, 6) is 1.17. The van der Waals surface area contributed by atoms with E-state index < -0.39 is 0 Å². The average Bonchev–Trinajstić information content (AvgIpc) is 2.78. The van der Waals surface area contributed by atoms with Crippen molar-refractivity contribution in [3.05, 3.63) is 12.4 Å². The highest BCUT2D eigenvalue weighted by atomic mass is 15.2. The van der Waals surface area contributed by atoms with Gasteiger partial charge in [0.15, 0.2) is 11.6 Å². The standard InChI is InChI=1S/C12H21N5/c1-17(2)12(5-3-4-6-12)9-16-11-10(13)14-7-8-15-11/h7-8H,3-6,9H2,1-2H3,(H2,13,14)(H,15,16). The Morgan fingerprint density at radius 1 is 1.29 bits per heavy atom. The molecule has 1 fully saturated rings. The molecule has 0 atom stereocenters. The van der Waals surface area contributed by atoms with Crippen molar-refractivity contribution in [1.82, 2.24) is 14.9 Å². The van der Waals surface area contributed by atoms with Crippen LogP contribution in [0.3, 0.4) is 0 Å². The van der Waals surface area contributed by atoms with E-state index in [4.69, 9.17) is 5.73 Å². The normalized spacial score (nSPS) is 18.5. The highest BCUT2D eigenvalue weighted by Crippen LogP contribution is 2.33. The molecule has 17 heavy (non-hydrogen) atoms. The van der Waals surface area contributed by atoms with Gasteiger partial charge in [-0.25, -0.2) is 9.97 Å². The van der Waals surface area contributed by atoms with E-state index in [-0.39, 0.29) is 5.54 Å². The summed E-state index contributed by atoms with van der Waals surface area (Å²) < 4.78 is 0. The van der Waals surface area contributed by atoms with Crippen LogP contribution in [0.5, 0.6) is 0 Å². The molecule has 1 aliphatic rings. The van der Waals surface area contributed by atoms with Gasteiger partial charge in [0.05, 0.1) is 0 Å². The Labute approximate surface area is 102 Å². The largest absolute Gasteiger partial charge is 0.381 e. The minimum Gasteiger partial charge on any atom is -0.381 e. The van der Waals surface area contributed by atoms with Gasteiger partial charge in [0, 0.05) is 24.5 Å². The number of hydrogen-bond acceptors (Lipinski definition) is 5. The molecule has 0 amide bonds. The molecule has 1 aliphatic carbocycles. The molecular formula is C12H21N5. The first-order valence-corrected chi connectivity index (χ1v) is 6.12. The van der Waals surface area contributed by atoms with E-state index in [1.54, 1.807) is 12.4 Å². The third-order valence-electron chi connectivity index (χ3n) is 3.79. The van der Waals surface area contributed by atoms with Crippen molar-refractivity contribution in [1.29, 1.82) is 0 Å². The second-order valence-corrected chi connectivity index (χ2v) is 4.97. The number of nitrogens with zero attached hydrogens (tertiary/aromatic N) is 3. The summed E-state index contributed by atoms with van der Waals surface area (Å²) in [7, 11) is 4.29. The first kappa shape index (κ1) is 12.1. The molecule has 94 valence electrons. The minimum absolute atomic E-state index is 0.240. The number of nitrogen functional groups attached to an aromatic ring is 1. The molecular weight excluding hydrogens is 214 g/mol. The van der Waals surface area contributed by atoms with Crippen LogP contribution in [0.2, 0.25) is 0 Å². The zero-order chi connectivity index (χ0) is 12.3. The van der Waals surface area contributed by atoms with Gasteiger partial charge >= 0.3 is 0 Å². The predicted molar refractivity (Wildman–Crippen MR) is 69.8 cm³/mol. The van der Waals surface area contributed by atoms with Gasteiger partial charge in [-0.3, -0.25) is 0 Å². The maximum atomic E-state index is 5.77. The van der Waals surface area contributed by atoms with Gasteiger partial charge in [-0.15, -0.1) is 0 Å². The van der Waals surface area contributed by atoms with Gasteiger partial charge in [-0.1, -0.05) is 12.8 Å². The molecule has 5 nitrogen and oxygen atoms in total. The first-order chi connectivity index (χ1) is 8.14. The van der Waals surface area contributed by atoms with Crippen LogP contribution in [-0.2, 0) is 0 Å². The lowest BCUT2D eigenvalue weighted by molar-refractivity contribution is 0.172. The summed E-state index contributed by atoms with van der Waals surface area (Å²) in [6, 6.07) is 0. The van der Waals surface area contributed by atoms with Gasteiger partial charge in [-0.05, 0) is 26.9 Å². The molecule has 1 saturated carbocycles. The molecule has 3 N–H and O–H groups in total. The van der Waals surface area contributed by atoms with E-state index in [2.05, 4.69) is 34.3 Å². The Morgan fingerprint density at radius 2 is 1.94 bits per heavy atom.